The average Bonchev–Trinajstić information content (AvgIpc) is 3.15. The van der Waals surface area contributed by atoms with Crippen molar-refractivity contribution in [3.8, 4) is 5.75 Å². The van der Waals surface area contributed by atoms with Crippen LogP contribution in [0.2, 0.25) is 0 Å². The van der Waals surface area contributed by atoms with E-state index in [2.05, 4.69) is 26.0 Å². The first kappa shape index (κ1) is 18.4. The second-order valence-corrected chi connectivity index (χ2v) is 7.64. The molecule has 140 valence electrons. The van der Waals surface area contributed by atoms with Gasteiger partial charge in [0, 0.05) is 34.4 Å². The summed E-state index contributed by atoms with van der Waals surface area (Å²) in [6.45, 7) is 2.03. The molecule has 1 amide bonds. The summed E-state index contributed by atoms with van der Waals surface area (Å²) in [5.74, 6) is -0.0553. The van der Waals surface area contributed by atoms with Crippen molar-refractivity contribution in [2.24, 2.45) is 5.10 Å². The van der Waals surface area contributed by atoms with E-state index in [1.54, 1.807) is 36.7 Å². The van der Waals surface area contributed by atoms with Crippen LogP contribution < -0.4 is 0 Å². The number of rotatable bonds is 3. The van der Waals surface area contributed by atoms with Crippen LogP contribution in [0, 0.1) is 6.92 Å². The van der Waals surface area contributed by atoms with Gasteiger partial charge in [0.2, 0.25) is 0 Å². The summed E-state index contributed by atoms with van der Waals surface area (Å²) in [7, 11) is 0. The number of aromatic nitrogens is 1. The summed E-state index contributed by atoms with van der Waals surface area (Å²) in [6.07, 6.45) is 3.70. The fraction of sp³-hybridized carbons (Fsp3) is 0.136. The third-order valence-electron chi connectivity index (χ3n) is 4.78. The smallest absolute Gasteiger partial charge is 0.274 e. The monoisotopic (exact) mass is 435 g/mol. The Bertz CT molecular complexity index is 1050. The van der Waals surface area contributed by atoms with E-state index in [0.717, 1.165) is 15.6 Å². The van der Waals surface area contributed by atoms with Gasteiger partial charge in [0.25, 0.3) is 5.91 Å². The Balaban J connectivity index is 1.77. The molecule has 2 heterocycles. The summed E-state index contributed by atoms with van der Waals surface area (Å²) in [5, 5.41) is 16.4. The summed E-state index contributed by atoms with van der Waals surface area (Å²) >= 11 is 3.44. The van der Waals surface area contributed by atoms with Gasteiger partial charge in [0.05, 0.1) is 11.8 Å². The number of hydrogen-bond acceptors (Lipinski definition) is 4. The van der Waals surface area contributed by atoms with Crippen molar-refractivity contribution >= 4 is 27.5 Å². The van der Waals surface area contributed by atoms with Gasteiger partial charge in [-0.25, -0.2) is 5.01 Å². The van der Waals surface area contributed by atoms with E-state index in [0.29, 0.717) is 23.3 Å². The molecule has 0 saturated heterocycles. The molecule has 1 aromatic heterocycles. The highest BCUT2D eigenvalue weighted by Gasteiger charge is 2.34. The van der Waals surface area contributed by atoms with Crippen molar-refractivity contribution in [1.82, 2.24) is 9.99 Å². The number of carbonyl (C=O) groups is 1. The number of phenolic OH excluding ortho intramolecular Hbond substituents is 1. The predicted molar refractivity (Wildman–Crippen MR) is 111 cm³/mol. The van der Waals surface area contributed by atoms with Gasteiger partial charge >= 0.3 is 0 Å². The molecular weight excluding hydrogens is 418 g/mol. The van der Waals surface area contributed by atoms with Crippen molar-refractivity contribution in [1.29, 1.82) is 0 Å². The third-order valence-corrected chi connectivity index (χ3v) is 5.27. The fourth-order valence-electron chi connectivity index (χ4n) is 3.27. The number of hydrogen-bond donors (Lipinski definition) is 1. The summed E-state index contributed by atoms with van der Waals surface area (Å²) in [5.41, 5.74) is 3.97. The molecule has 0 radical (unpaired) electrons. The minimum absolute atomic E-state index is 0.141. The van der Waals surface area contributed by atoms with Crippen LogP contribution in [0.5, 0.6) is 5.75 Å². The summed E-state index contributed by atoms with van der Waals surface area (Å²) < 4.78 is 0.841. The van der Waals surface area contributed by atoms with Crippen LogP contribution in [0.4, 0.5) is 0 Å². The zero-order chi connectivity index (χ0) is 19.7. The van der Waals surface area contributed by atoms with E-state index < -0.39 is 0 Å². The molecule has 1 N–H and O–H groups in total. The quantitative estimate of drug-likeness (QED) is 0.639. The maximum Gasteiger partial charge on any atom is 0.274 e. The number of aryl methyl sites for hydroxylation is 1. The lowest BCUT2D eigenvalue weighted by Crippen LogP contribution is -2.27. The highest BCUT2D eigenvalue weighted by molar-refractivity contribution is 9.10. The Morgan fingerprint density at radius 2 is 1.82 bits per heavy atom. The molecular formula is C22H18BrN3O2. The zero-order valence-electron chi connectivity index (χ0n) is 15.2. The molecule has 0 spiro atoms. The van der Waals surface area contributed by atoms with Crippen molar-refractivity contribution in [3.05, 3.63) is 93.7 Å². The van der Waals surface area contributed by atoms with Crippen LogP contribution in [-0.4, -0.2) is 26.7 Å². The van der Waals surface area contributed by atoms with E-state index in [1.807, 2.05) is 37.3 Å². The summed E-state index contributed by atoms with van der Waals surface area (Å²) in [4.78, 5) is 17.1. The molecule has 0 unspecified atom stereocenters. The Morgan fingerprint density at radius 3 is 2.54 bits per heavy atom. The standard InChI is InChI=1S/C22H18BrN3O2/c1-14-2-4-15(5-3-14)20-13-19(18-12-17(23)6-7-21(18)27)25-26(20)22(28)16-8-10-24-11-9-16/h2-12,20,27H,13H2,1H3/t20-/m0/s1. The zero-order valence-corrected chi connectivity index (χ0v) is 16.8. The van der Waals surface area contributed by atoms with Gasteiger partial charge in [-0.2, -0.15) is 5.10 Å². The molecule has 0 saturated carbocycles. The molecule has 5 nitrogen and oxygen atoms in total. The molecule has 0 fully saturated rings. The van der Waals surface area contributed by atoms with E-state index in [-0.39, 0.29) is 17.7 Å². The first-order valence-corrected chi connectivity index (χ1v) is 9.69. The number of phenols is 1. The minimum atomic E-state index is -0.241. The molecule has 2 aromatic carbocycles. The van der Waals surface area contributed by atoms with E-state index in [1.165, 1.54) is 5.01 Å². The van der Waals surface area contributed by atoms with Crippen molar-refractivity contribution in [3.63, 3.8) is 0 Å². The number of carbonyl (C=O) groups excluding carboxylic acids is 1. The largest absolute Gasteiger partial charge is 0.507 e. The molecule has 6 heteroatoms. The van der Waals surface area contributed by atoms with Crippen LogP contribution >= 0.6 is 15.9 Å². The van der Waals surface area contributed by atoms with Crippen LogP contribution in [0.1, 0.15) is 39.5 Å². The predicted octanol–water partition coefficient (Wildman–Crippen LogP) is 4.85. The number of hydrazone groups is 1. The second-order valence-electron chi connectivity index (χ2n) is 6.72. The maximum atomic E-state index is 13.1. The lowest BCUT2D eigenvalue weighted by molar-refractivity contribution is 0.0711. The number of amides is 1. The first-order valence-electron chi connectivity index (χ1n) is 8.89. The molecule has 1 aliphatic heterocycles. The molecule has 4 rings (SSSR count). The number of halogens is 1. The second kappa shape index (κ2) is 7.56. The Labute approximate surface area is 171 Å². The van der Waals surface area contributed by atoms with Gasteiger partial charge in [-0.1, -0.05) is 45.8 Å². The Hall–Kier alpha value is -2.99. The van der Waals surface area contributed by atoms with Crippen LogP contribution in [-0.2, 0) is 0 Å². The summed E-state index contributed by atoms with van der Waals surface area (Å²) in [6, 6.07) is 16.4. The molecule has 3 aromatic rings. The van der Waals surface area contributed by atoms with Crippen LogP contribution in [0.3, 0.4) is 0 Å². The van der Waals surface area contributed by atoms with E-state index in [4.69, 9.17) is 0 Å². The fourth-order valence-corrected chi connectivity index (χ4v) is 3.64. The molecule has 1 atom stereocenters. The normalized spacial score (nSPS) is 16.1. The molecule has 28 heavy (non-hydrogen) atoms. The van der Waals surface area contributed by atoms with Crippen LogP contribution in [0.15, 0.2) is 76.6 Å². The Kier molecular flexibility index (Phi) is 4.96. The van der Waals surface area contributed by atoms with Gasteiger partial charge in [-0.05, 0) is 42.8 Å². The van der Waals surface area contributed by atoms with Gasteiger partial charge in [0.15, 0.2) is 0 Å². The van der Waals surface area contributed by atoms with Crippen molar-refractivity contribution in [2.75, 3.05) is 0 Å². The lowest BCUT2D eigenvalue weighted by Gasteiger charge is -2.22. The van der Waals surface area contributed by atoms with Gasteiger partial charge in [-0.15, -0.1) is 0 Å². The van der Waals surface area contributed by atoms with Crippen LogP contribution in [0.25, 0.3) is 0 Å². The molecule has 1 aliphatic rings. The first-order chi connectivity index (χ1) is 13.5. The number of benzene rings is 2. The highest BCUT2D eigenvalue weighted by Crippen LogP contribution is 2.36. The average molecular weight is 436 g/mol. The topological polar surface area (TPSA) is 65.8 Å². The van der Waals surface area contributed by atoms with Gasteiger partial charge in [-0.3, -0.25) is 9.78 Å². The SMILES string of the molecule is Cc1ccc([C@@H]2CC(c3cc(Br)ccc3O)=NN2C(=O)c2ccncc2)cc1. The van der Waals surface area contributed by atoms with Crippen molar-refractivity contribution in [2.45, 2.75) is 19.4 Å². The minimum Gasteiger partial charge on any atom is -0.507 e. The highest BCUT2D eigenvalue weighted by atomic mass is 79.9. The van der Waals surface area contributed by atoms with Gasteiger partial charge in [0.1, 0.15) is 5.75 Å². The third kappa shape index (κ3) is 3.55. The van der Waals surface area contributed by atoms with E-state index in [9.17, 15) is 9.90 Å². The lowest BCUT2D eigenvalue weighted by atomic mass is 9.97. The maximum absolute atomic E-state index is 13.1. The molecule has 0 bridgehead atoms. The number of nitrogens with zero attached hydrogens (tertiary/aromatic N) is 3. The Morgan fingerprint density at radius 1 is 1.11 bits per heavy atom. The molecule has 0 aliphatic carbocycles. The van der Waals surface area contributed by atoms with E-state index >= 15 is 0 Å². The number of pyridine rings is 1. The van der Waals surface area contributed by atoms with Gasteiger partial charge < -0.3 is 5.11 Å². The number of aromatic hydroxyl groups is 1. The van der Waals surface area contributed by atoms with Crippen molar-refractivity contribution < 1.29 is 9.90 Å².